The fraction of sp³-hybridized carbons (Fsp3) is 0.545. The maximum absolute atomic E-state index is 12.0. The van der Waals surface area contributed by atoms with Gasteiger partial charge in [-0.15, -0.1) is 11.3 Å². The lowest BCUT2D eigenvalue weighted by molar-refractivity contribution is 0.0779. The molecule has 0 aliphatic rings. The number of aryl methyl sites for hydroxylation is 1. The molecule has 1 rings (SSSR count). The van der Waals surface area contributed by atoms with Gasteiger partial charge in [0.2, 0.25) is 0 Å². The molecule has 0 radical (unpaired) electrons. The van der Waals surface area contributed by atoms with E-state index in [0.29, 0.717) is 0 Å². The number of alkyl halides is 1. The number of rotatable bonds is 5. The van der Waals surface area contributed by atoms with Crippen molar-refractivity contribution in [2.24, 2.45) is 0 Å². The Morgan fingerprint density at radius 2 is 2.20 bits per heavy atom. The van der Waals surface area contributed by atoms with Crippen LogP contribution in [-0.2, 0) is 6.42 Å². The number of hydrogen-bond donors (Lipinski definition) is 0. The molecule has 0 aromatic carbocycles. The van der Waals surface area contributed by atoms with Gasteiger partial charge in [0, 0.05) is 23.3 Å². The molecule has 1 amide bonds. The molecule has 0 atom stereocenters. The summed E-state index contributed by atoms with van der Waals surface area (Å²) in [4.78, 5) is 16.0. The molecule has 0 fully saturated rings. The topological polar surface area (TPSA) is 20.3 Å². The van der Waals surface area contributed by atoms with Gasteiger partial charge in [0.25, 0.3) is 5.91 Å². The lowest BCUT2D eigenvalue weighted by Crippen LogP contribution is -2.31. The molecule has 1 heterocycles. The molecule has 4 heteroatoms. The van der Waals surface area contributed by atoms with Gasteiger partial charge < -0.3 is 4.90 Å². The van der Waals surface area contributed by atoms with E-state index in [4.69, 9.17) is 0 Å². The van der Waals surface area contributed by atoms with Gasteiger partial charge >= 0.3 is 0 Å². The molecule has 1 aromatic rings. The second-order valence-corrected chi connectivity index (χ2v) is 5.15. The van der Waals surface area contributed by atoms with Gasteiger partial charge in [-0.05, 0) is 25.5 Å². The van der Waals surface area contributed by atoms with Crippen molar-refractivity contribution < 1.29 is 4.79 Å². The predicted octanol–water partition coefficient (Wildman–Crippen LogP) is 3.17. The minimum atomic E-state index is 0.154. The number of carbonyl (C=O) groups excluding carboxylic acids is 1. The minimum absolute atomic E-state index is 0.154. The van der Waals surface area contributed by atoms with Crippen LogP contribution in [-0.4, -0.2) is 29.2 Å². The van der Waals surface area contributed by atoms with Crippen molar-refractivity contribution in [2.45, 2.75) is 20.3 Å². The Balaban J connectivity index is 2.73. The molecular formula is C11H16BrNOS. The quantitative estimate of drug-likeness (QED) is 0.763. The lowest BCUT2D eigenvalue weighted by Gasteiger charge is -2.18. The van der Waals surface area contributed by atoms with E-state index >= 15 is 0 Å². The normalized spacial score (nSPS) is 10.3. The van der Waals surface area contributed by atoms with Crippen LogP contribution in [0.5, 0.6) is 0 Å². The highest BCUT2D eigenvalue weighted by Crippen LogP contribution is 2.18. The zero-order valence-corrected chi connectivity index (χ0v) is 11.5. The smallest absolute Gasteiger partial charge is 0.263 e. The minimum Gasteiger partial charge on any atom is -0.337 e. The number of carbonyl (C=O) groups is 1. The molecule has 0 aliphatic carbocycles. The monoisotopic (exact) mass is 289 g/mol. The maximum atomic E-state index is 12.0. The van der Waals surface area contributed by atoms with Gasteiger partial charge in [0.15, 0.2) is 0 Å². The average Bonchev–Trinajstić information content (AvgIpc) is 2.73. The number of thiophene rings is 1. The number of nitrogens with zero attached hydrogens (tertiary/aromatic N) is 1. The first kappa shape index (κ1) is 12.7. The van der Waals surface area contributed by atoms with E-state index in [9.17, 15) is 4.79 Å². The largest absolute Gasteiger partial charge is 0.337 e. The highest BCUT2D eigenvalue weighted by Gasteiger charge is 2.15. The molecule has 2 nitrogen and oxygen atoms in total. The van der Waals surface area contributed by atoms with Crippen LogP contribution in [0.15, 0.2) is 12.1 Å². The van der Waals surface area contributed by atoms with E-state index in [2.05, 4.69) is 22.9 Å². The van der Waals surface area contributed by atoms with E-state index in [1.807, 2.05) is 24.0 Å². The first-order valence-electron chi connectivity index (χ1n) is 5.16. The van der Waals surface area contributed by atoms with Crippen molar-refractivity contribution in [1.82, 2.24) is 4.90 Å². The Bertz CT molecular complexity index is 324. The Morgan fingerprint density at radius 3 is 2.67 bits per heavy atom. The van der Waals surface area contributed by atoms with E-state index < -0.39 is 0 Å². The van der Waals surface area contributed by atoms with Gasteiger partial charge in [-0.25, -0.2) is 0 Å². The molecule has 0 N–H and O–H groups in total. The van der Waals surface area contributed by atoms with Crippen LogP contribution < -0.4 is 0 Å². The van der Waals surface area contributed by atoms with Gasteiger partial charge in [-0.3, -0.25) is 4.79 Å². The second kappa shape index (κ2) is 6.28. The van der Waals surface area contributed by atoms with Crippen molar-refractivity contribution in [3.63, 3.8) is 0 Å². The van der Waals surface area contributed by atoms with Crippen LogP contribution in [0.1, 0.15) is 28.4 Å². The zero-order chi connectivity index (χ0) is 11.3. The van der Waals surface area contributed by atoms with E-state index in [-0.39, 0.29) is 5.91 Å². The van der Waals surface area contributed by atoms with E-state index in [1.165, 1.54) is 4.88 Å². The van der Waals surface area contributed by atoms with Crippen molar-refractivity contribution in [1.29, 1.82) is 0 Å². The molecule has 0 aliphatic heterocycles. The van der Waals surface area contributed by atoms with Crippen LogP contribution in [0.4, 0.5) is 0 Å². The number of amides is 1. The van der Waals surface area contributed by atoms with Gasteiger partial charge in [-0.1, -0.05) is 22.9 Å². The molecule has 0 saturated carbocycles. The third-order valence-corrected chi connectivity index (χ3v) is 3.82. The van der Waals surface area contributed by atoms with Crippen molar-refractivity contribution in [2.75, 3.05) is 18.4 Å². The third-order valence-electron chi connectivity index (χ3n) is 2.24. The van der Waals surface area contributed by atoms with Crippen LogP contribution in [0, 0.1) is 0 Å². The Hall–Kier alpha value is -0.350. The molecular weight excluding hydrogens is 274 g/mol. The van der Waals surface area contributed by atoms with Crippen LogP contribution in [0.2, 0.25) is 0 Å². The average molecular weight is 290 g/mol. The molecule has 84 valence electrons. The maximum Gasteiger partial charge on any atom is 0.263 e. The molecule has 15 heavy (non-hydrogen) atoms. The summed E-state index contributed by atoms with van der Waals surface area (Å²) in [7, 11) is 0. The van der Waals surface area contributed by atoms with Gasteiger partial charge in [-0.2, -0.15) is 0 Å². The van der Waals surface area contributed by atoms with Gasteiger partial charge in [0.1, 0.15) is 0 Å². The summed E-state index contributed by atoms with van der Waals surface area (Å²) >= 11 is 4.96. The van der Waals surface area contributed by atoms with E-state index in [1.54, 1.807) is 11.3 Å². The Labute approximate surface area is 103 Å². The summed E-state index contributed by atoms with van der Waals surface area (Å²) in [6.45, 7) is 5.66. The van der Waals surface area contributed by atoms with Crippen molar-refractivity contribution in [3.05, 3.63) is 21.9 Å². The summed E-state index contributed by atoms with van der Waals surface area (Å²) < 4.78 is 0. The third kappa shape index (κ3) is 3.31. The highest BCUT2D eigenvalue weighted by molar-refractivity contribution is 9.09. The fourth-order valence-electron chi connectivity index (χ4n) is 1.34. The summed E-state index contributed by atoms with van der Waals surface area (Å²) in [6.07, 6.45) is 1.00. The van der Waals surface area contributed by atoms with Crippen LogP contribution in [0.3, 0.4) is 0 Å². The first-order chi connectivity index (χ1) is 7.22. The fourth-order valence-corrected chi connectivity index (χ4v) is 2.69. The lowest BCUT2D eigenvalue weighted by atomic mass is 10.3. The molecule has 0 bridgehead atoms. The Kier molecular flexibility index (Phi) is 5.32. The summed E-state index contributed by atoms with van der Waals surface area (Å²) in [5.74, 6) is 0.154. The summed E-state index contributed by atoms with van der Waals surface area (Å²) in [5.41, 5.74) is 0. The van der Waals surface area contributed by atoms with E-state index in [0.717, 1.165) is 29.7 Å². The molecule has 0 saturated heterocycles. The molecule has 0 spiro atoms. The molecule has 1 aromatic heterocycles. The highest BCUT2D eigenvalue weighted by atomic mass is 79.9. The second-order valence-electron chi connectivity index (χ2n) is 3.19. The summed E-state index contributed by atoms with van der Waals surface area (Å²) in [6, 6.07) is 3.97. The zero-order valence-electron chi connectivity index (χ0n) is 9.12. The standard InChI is InChI=1S/C11H16BrNOS/c1-3-9-5-6-10(15-9)11(14)13(4-2)8-7-12/h5-6H,3-4,7-8H2,1-2H3. The van der Waals surface area contributed by atoms with Crippen LogP contribution in [0.25, 0.3) is 0 Å². The number of hydrogen-bond acceptors (Lipinski definition) is 2. The first-order valence-corrected chi connectivity index (χ1v) is 7.10. The Morgan fingerprint density at radius 1 is 1.47 bits per heavy atom. The van der Waals surface area contributed by atoms with Crippen molar-refractivity contribution in [3.8, 4) is 0 Å². The van der Waals surface area contributed by atoms with Crippen molar-refractivity contribution >= 4 is 33.2 Å². The van der Waals surface area contributed by atoms with Gasteiger partial charge in [0.05, 0.1) is 4.88 Å². The molecule has 0 unspecified atom stereocenters. The predicted molar refractivity (Wildman–Crippen MR) is 69.1 cm³/mol. The SMILES string of the molecule is CCc1ccc(C(=O)N(CC)CCBr)s1. The van der Waals surface area contributed by atoms with Crippen LogP contribution >= 0.6 is 27.3 Å². The number of halogens is 1. The summed E-state index contributed by atoms with van der Waals surface area (Å²) in [5, 5.41) is 0.832.